The summed E-state index contributed by atoms with van der Waals surface area (Å²) in [6, 6.07) is 6.66. The van der Waals surface area contributed by atoms with Crippen LogP contribution < -0.4 is 22.1 Å². The Morgan fingerprint density at radius 2 is 1.68 bits per heavy atom. The van der Waals surface area contributed by atoms with E-state index in [9.17, 15) is 27.2 Å². The number of urea groups is 1. The molecule has 0 fully saturated rings. The van der Waals surface area contributed by atoms with Crippen molar-refractivity contribution in [1.29, 1.82) is 0 Å². The van der Waals surface area contributed by atoms with Crippen LogP contribution in [-0.2, 0) is 6.18 Å². The highest BCUT2D eigenvalue weighted by molar-refractivity contribution is 6.19. The minimum Gasteiger partial charge on any atom is -0.383 e. The Morgan fingerprint density at radius 3 is 2.26 bits per heavy atom. The predicted molar refractivity (Wildman–Crippen MR) is 108 cm³/mol. The van der Waals surface area contributed by atoms with Gasteiger partial charge in [0.15, 0.2) is 0 Å². The third-order valence-electron chi connectivity index (χ3n) is 4.24. The van der Waals surface area contributed by atoms with Crippen LogP contribution in [0, 0.1) is 5.82 Å². The fourth-order valence-electron chi connectivity index (χ4n) is 2.79. The van der Waals surface area contributed by atoms with E-state index in [1.165, 1.54) is 30.5 Å². The van der Waals surface area contributed by atoms with Gasteiger partial charge in [0.1, 0.15) is 11.6 Å². The third-order valence-corrected chi connectivity index (χ3v) is 4.52. The minimum atomic E-state index is -4.69. The topological polar surface area (TPSA) is 115 Å². The van der Waals surface area contributed by atoms with Gasteiger partial charge in [-0.1, -0.05) is 12.1 Å². The zero-order chi connectivity index (χ0) is 22.9. The largest absolute Gasteiger partial charge is 0.416 e. The molecule has 0 aliphatic rings. The van der Waals surface area contributed by atoms with Gasteiger partial charge in [0.25, 0.3) is 5.91 Å². The van der Waals surface area contributed by atoms with Crippen LogP contribution in [0.4, 0.5) is 39.5 Å². The first kappa shape index (κ1) is 22.0. The quantitative estimate of drug-likeness (QED) is 0.429. The van der Waals surface area contributed by atoms with Crippen molar-refractivity contribution in [3.8, 4) is 11.1 Å². The summed E-state index contributed by atoms with van der Waals surface area (Å²) in [4.78, 5) is 23.7. The Morgan fingerprint density at radius 1 is 1.03 bits per heavy atom. The minimum absolute atomic E-state index is 0.0217. The van der Waals surface area contributed by atoms with E-state index in [1.54, 1.807) is 0 Å². The standard InChI is InChI=1S/C19H14ClF4N5O2/c20-29-8-12(15(16(29)25)17(26)30)9-1-4-11(5-2-9)27-18(31)28-14-7-10(19(22,23)24)3-6-13(14)21/h1-8H,25H2,(H2,26,30)(H2,27,28,31). The van der Waals surface area contributed by atoms with E-state index in [2.05, 4.69) is 5.32 Å². The molecule has 162 valence electrons. The van der Waals surface area contributed by atoms with Gasteiger partial charge in [0.2, 0.25) is 0 Å². The van der Waals surface area contributed by atoms with Crippen molar-refractivity contribution < 1.29 is 27.2 Å². The number of carbonyl (C=O) groups is 2. The number of alkyl halides is 3. The molecular weight excluding hydrogens is 442 g/mol. The van der Waals surface area contributed by atoms with Gasteiger partial charge in [0, 0.05) is 29.2 Å². The van der Waals surface area contributed by atoms with Gasteiger partial charge >= 0.3 is 12.2 Å². The van der Waals surface area contributed by atoms with Crippen molar-refractivity contribution in [1.82, 2.24) is 4.09 Å². The number of rotatable bonds is 4. The summed E-state index contributed by atoms with van der Waals surface area (Å²) in [5.41, 5.74) is 10.5. The first-order chi connectivity index (χ1) is 14.5. The molecule has 2 aromatic carbocycles. The van der Waals surface area contributed by atoms with E-state index in [1.807, 2.05) is 5.32 Å². The Kier molecular flexibility index (Phi) is 5.80. The lowest BCUT2D eigenvalue weighted by molar-refractivity contribution is -0.137. The van der Waals surface area contributed by atoms with E-state index in [4.69, 9.17) is 23.2 Å². The van der Waals surface area contributed by atoms with Gasteiger partial charge in [-0.15, -0.1) is 0 Å². The molecule has 3 aromatic rings. The van der Waals surface area contributed by atoms with Gasteiger partial charge in [-0.2, -0.15) is 13.2 Å². The lowest BCUT2D eigenvalue weighted by Crippen LogP contribution is -2.20. The molecule has 0 saturated carbocycles. The van der Waals surface area contributed by atoms with Crippen LogP contribution >= 0.6 is 11.8 Å². The monoisotopic (exact) mass is 455 g/mol. The normalized spacial score (nSPS) is 11.3. The number of nitrogens with zero attached hydrogens (tertiary/aromatic N) is 1. The summed E-state index contributed by atoms with van der Waals surface area (Å²) in [6.07, 6.45) is -3.30. The summed E-state index contributed by atoms with van der Waals surface area (Å²) in [7, 11) is 0. The number of nitrogen functional groups attached to an aromatic ring is 1. The second-order valence-corrected chi connectivity index (χ2v) is 6.69. The molecule has 12 heteroatoms. The van der Waals surface area contributed by atoms with Crippen molar-refractivity contribution in [2.45, 2.75) is 6.18 Å². The lowest BCUT2D eigenvalue weighted by Gasteiger charge is -2.12. The SMILES string of the molecule is NC(=O)c1c(-c2ccc(NC(=O)Nc3cc(C(F)(F)F)ccc3F)cc2)cn(Cl)c1N. The summed E-state index contributed by atoms with van der Waals surface area (Å²) in [5, 5.41) is 4.39. The van der Waals surface area contributed by atoms with Gasteiger partial charge in [-0.05, 0) is 35.9 Å². The molecule has 6 N–H and O–H groups in total. The van der Waals surface area contributed by atoms with Gasteiger partial charge in [-0.3, -0.25) is 4.79 Å². The molecular formula is C19H14ClF4N5O2. The first-order valence-electron chi connectivity index (χ1n) is 8.49. The van der Waals surface area contributed by atoms with E-state index >= 15 is 0 Å². The number of nitrogens with one attached hydrogen (secondary N) is 2. The highest BCUT2D eigenvalue weighted by Gasteiger charge is 2.31. The number of aromatic nitrogens is 1. The average molecular weight is 456 g/mol. The molecule has 1 aromatic heterocycles. The molecule has 31 heavy (non-hydrogen) atoms. The average Bonchev–Trinajstić information content (AvgIpc) is 2.98. The van der Waals surface area contributed by atoms with Crippen LogP contribution in [0.15, 0.2) is 48.7 Å². The number of halogens is 5. The molecule has 7 nitrogen and oxygen atoms in total. The van der Waals surface area contributed by atoms with Crippen LogP contribution in [0.5, 0.6) is 0 Å². The second kappa shape index (κ2) is 8.19. The molecule has 0 atom stereocenters. The van der Waals surface area contributed by atoms with E-state index in [-0.39, 0.29) is 17.1 Å². The molecule has 0 saturated heterocycles. The highest BCUT2D eigenvalue weighted by atomic mass is 35.5. The lowest BCUT2D eigenvalue weighted by atomic mass is 10.0. The maximum Gasteiger partial charge on any atom is 0.416 e. The van der Waals surface area contributed by atoms with E-state index in [0.717, 1.165) is 4.09 Å². The summed E-state index contributed by atoms with van der Waals surface area (Å²) in [5.74, 6) is -1.84. The summed E-state index contributed by atoms with van der Waals surface area (Å²) < 4.78 is 53.1. The zero-order valence-corrected chi connectivity index (χ0v) is 16.2. The Bertz CT molecular complexity index is 1160. The molecule has 1 heterocycles. The number of hydrogen-bond acceptors (Lipinski definition) is 3. The first-order valence-corrected chi connectivity index (χ1v) is 8.83. The highest BCUT2D eigenvalue weighted by Crippen LogP contribution is 2.33. The van der Waals surface area contributed by atoms with Gasteiger partial charge in [0.05, 0.1) is 16.8 Å². The zero-order valence-electron chi connectivity index (χ0n) is 15.4. The molecule has 3 amide bonds. The van der Waals surface area contributed by atoms with Gasteiger partial charge in [-0.25, -0.2) is 13.3 Å². The van der Waals surface area contributed by atoms with Crippen molar-refractivity contribution in [3.05, 3.63) is 65.6 Å². The molecule has 0 unspecified atom stereocenters. The Balaban J connectivity index is 1.76. The number of nitrogens with two attached hydrogens (primary N) is 2. The number of benzene rings is 2. The van der Waals surface area contributed by atoms with Crippen LogP contribution in [0.1, 0.15) is 15.9 Å². The number of hydrogen-bond donors (Lipinski definition) is 4. The molecule has 0 aliphatic heterocycles. The van der Waals surface area contributed by atoms with Crippen molar-refractivity contribution in [3.63, 3.8) is 0 Å². The summed E-state index contributed by atoms with van der Waals surface area (Å²) in [6.45, 7) is 0. The molecule has 3 rings (SSSR count). The van der Waals surface area contributed by atoms with Crippen LogP contribution in [0.2, 0.25) is 0 Å². The van der Waals surface area contributed by atoms with Crippen molar-refractivity contribution in [2.24, 2.45) is 5.73 Å². The molecule has 0 bridgehead atoms. The fourth-order valence-corrected chi connectivity index (χ4v) is 2.97. The Labute approximate surface area is 177 Å². The fraction of sp³-hybridized carbons (Fsp3) is 0.0526. The number of primary amides is 1. The summed E-state index contributed by atoms with van der Waals surface area (Å²) >= 11 is 5.88. The molecule has 0 radical (unpaired) electrons. The van der Waals surface area contributed by atoms with Crippen LogP contribution in [-0.4, -0.2) is 16.0 Å². The number of carbonyl (C=O) groups excluding carboxylic acids is 2. The van der Waals surface area contributed by atoms with Crippen molar-refractivity contribution >= 4 is 40.9 Å². The van der Waals surface area contributed by atoms with E-state index in [0.29, 0.717) is 29.3 Å². The molecule has 0 aliphatic carbocycles. The predicted octanol–water partition coefficient (Wildman–Crippen LogP) is 4.64. The van der Waals surface area contributed by atoms with Crippen LogP contribution in [0.25, 0.3) is 11.1 Å². The van der Waals surface area contributed by atoms with Crippen LogP contribution in [0.3, 0.4) is 0 Å². The Hall–Kier alpha value is -3.73. The number of anilines is 3. The second-order valence-electron chi connectivity index (χ2n) is 6.33. The third kappa shape index (κ3) is 4.72. The maximum absolute atomic E-state index is 13.8. The molecule has 0 spiro atoms. The van der Waals surface area contributed by atoms with Crippen molar-refractivity contribution in [2.75, 3.05) is 16.4 Å². The van der Waals surface area contributed by atoms with Gasteiger partial charge < -0.3 is 22.1 Å². The smallest absolute Gasteiger partial charge is 0.383 e. The van der Waals surface area contributed by atoms with E-state index < -0.39 is 35.2 Å². The number of amides is 3. The maximum atomic E-state index is 13.8.